The van der Waals surface area contributed by atoms with Gasteiger partial charge in [0.05, 0.1) is 4.90 Å². The van der Waals surface area contributed by atoms with Crippen LogP contribution in [0.2, 0.25) is 0 Å². The lowest BCUT2D eigenvalue weighted by Gasteiger charge is -2.23. The van der Waals surface area contributed by atoms with Gasteiger partial charge < -0.3 is 5.32 Å². The van der Waals surface area contributed by atoms with Crippen LogP contribution in [0, 0.1) is 11.3 Å². The second-order valence-corrected chi connectivity index (χ2v) is 7.80. The molecule has 112 valence electrons. The van der Waals surface area contributed by atoms with Gasteiger partial charge in [-0.25, -0.2) is 13.6 Å². The first kappa shape index (κ1) is 15.5. The Balaban J connectivity index is 1.98. The summed E-state index contributed by atoms with van der Waals surface area (Å²) in [5.41, 5.74) is 1.55. The lowest BCUT2D eigenvalue weighted by Crippen LogP contribution is -2.29. The van der Waals surface area contributed by atoms with Crippen molar-refractivity contribution in [2.75, 3.05) is 6.54 Å². The van der Waals surface area contributed by atoms with Crippen LogP contribution in [0.25, 0.3) is 0 Å². The van der Waals surface area contributed by atoms with Gasteiger partial charge in [-0.05, 0) is 48.8 Å². The minimum absolute atomic E-state index is 0.161. The molecule has 1 aliphatic rings. The summed E-state index contributed by atoms with van der Waals surface area (Å²) in [6, 6.07) is 7.00. The molecule has 5 heteroatoms. The standard InChI is InChI=1S/C15H24N2O2S/c1-11(2)15(8-9-15)10-17-12(3)13-4-6-14(7-5-13)20(16,18)19/h4-7,11-12,17H,8-10H2,1-3H3,(H2,16,18,19). The van der Waals surface area contributed by atoms with E-state index in [0.717, 1.165) is 12.1 Å². The molecule has 0 aromatic heterocycles. The van der Waals surface area contributed by atoms with Crippen molar-refractivity contribution < 1.29 is 8.42 Å². The highest BCUT2D eigenvalue weighted by molar-refractivity contribution is 7.89. The zero-order chi connectivity index (χ0) is 15.0. The van der Waals surface area contributed by atoms with Gasteiger partial charge in [0.15, 0.2) is 0 Å². The van der Waals surface area contributed by atoms with E-state index in [9.17, 15) is 8.42 Å². The van der Waals surface area contributed by atoms with Gasteiger partial charge in [-0.1, -0.05) is 26.0 Å². The highest BCUT2D eigenvalue weighted by Gasteiger charge is 2.44. The molecule has 1 unspecified atom stereocenters. The Labute approximate surface area is 121 Å². The number of benzene rings is 1. The van der Waals surface area contributed by atoms with Crippen molar-refractivity contribution >= 4 is 10.0 Å². The Kier molecular flexibility index (Phi) is 4.23. The molecule has 2 rings (SSSR count). The van der Waals surface area contributed by atoms with Crippen LogP contribution in [-0.2, 0) is 10.0 Å². The fraction of sp³-hybridized carbons (Fsp3) is 0.600. The third-order valence-electron chi connectivity index (χ3n) is 4.59. The number of primary sulfonamides is 1. The van der Waals surface area contributed by atoms with E-state index in [1.165, 1.54) is 12.8 Å². The summed E-state index contributed by atoms with van der Waals surface area (Å²) in [5.74, 6) is 0.701. The van der Waals surface area contributed by atoms with Crippen molar-refractivity contribution in [2.24, 2.45) is 16.5 Å². The molecule has 1 saturated carbocycles. The van der Waals surface area contributed by atoms with Gasteiger partial charge in [-0.15, -0.1) is 0 Å². The number of nitrogens with two attached hydrogens (primary N) is 1. The summed E-state index contributed by atoms with van der Waals surface area (Å²) in [6.45, 7) is 7.67. The number of sulfonamides is 1. The van der Waals surface area contributed by atoms with E-state index in [0.29, 0.717) is 11.3 Å². The summed E-state index contributed by atoms with van der Waals surface area (Å²) in [5, 5.41) is 8.66. The van der Waals surface area contributed by atoms with Crippen molar-refractivity contribution in [3.63, 3.8) is 0 Å². The molecular formula is C15H24N2O2S. The molecule has 1 atom stereocenters. The summed E-state index contributed by atoms with van der Waals surface area (Å²) in [4.78, 5) is 0.161. The molecule has 1 aliphatic carbocycles. The fourth-order valence-electron chi connectivity index (χ4n) is 2.54. The Hall–Kier alpha value is -0.910. The van der Waals surface area contributed by atoms with Crippen molar-refractivity contribution in [3.05, 3.63) is 29.8 Å². The molecule has 4 nitrogen and oxygen atoms in total. The predicted octanol–water partition coefficient (Wildman–Crippen LogP) is 2.42. The highest BCUT2D eigenvalue weighted by atomic mass is 32.2. The van der Waals surface area contributed by atoms with Crippen LogP contribution < -0.4 is 10.5 Å². The SMILES string of the molecule is CC(NCC1(C(C)C)CC1)c1ccc(S(N)(=O)=O)cc1. The first-order chi connectivity index (χ1) is 9.24. The second-order valence-electron chi connectivity index (χ2n) is 6.23. The maximum atomic E-state index is 11.2. The predicted molar refractivity (Wildman–Crippen MR) is 80.7 cm³/mol. The maximum Gasteiger partial charge on any atom is 0.238 e. The molecule has 1 aromatic carbocycles. The molecule has 0 amide bonds. The normalized spacial score (nSPS) is 19.1. The Morgan fingerprint density at radius 1 is 1.20 bits per heavy atom. The first-order valence-electron chi connectivity index (χ1n) is 7.11. The van der Waals surface area contributed by atoms with E-state index >= 15 is 0 Å². The smallest absolute Gasteiger partial charge is 0.238 e. The van der Waals surface area contributed by atoms with E-state index in [1.807, 2.05) is 12.1 Å². The van der Waals surface area contributed by atoms with Crippen molar-refractivity contribution in [1.29, 1.82) is 0 Å². The van der Waals surface area contributed by atoms with Crippen molar-refractivity contribution in [2.45, 2.75) is 44.6 Å². The molecule has 0 aliphatic heterocycles. The minimum Gasteiger partial charge on any atom is -0.310 e. The summed E-state index contributed by atoms with van der Waals surface area (Å²) >= 11 is 0. The van der Waals surface area contributed by atoms with E-state index in [-0.39, 0.29) is 10.9 Å². The maximum absolute atomic E-state index is 11.2. The van der Waals surface area contributed by atoms with Gasteiger partial charge in [-0.3, -0.25) is 0 Å². The van der Waals surface area contributed by atoms with Crippen LogP contribution in [0.4, 0.5) is 0 Å². The molecule has 0 saturated heterocycles. The van der Waals surface area contributed by atoms with Crippen molar-refractivity contribution in [1.82, 2.24) is 5.32 Å². The zero-order valence-corrected chi connectivity index (χ0v) is 13.2. The average molecular weight is 296 g/mol. The lowest BCUT2D eigenvalue weighted by atomic mass is 9.92. The van der Waals surface area contributed by atoms with Crippen LogP contribution in [0.3, 0.4) is 0 Å². The van der Waals surface area contributed by atoms with Gasteiger partial charge in [0.2, 0.25) is 10.0 Å². The first-order valence-corrected chi connectivity index (χ1v) is 8.65. The van der Waals surface area contributed by atoms with Crippen LogP contribution in [-0.4, -0.2) is 15.0 Å². The van der Waals surface area contributed by atoms with Gasteiger partial charge in [0, 0.05) is 12.6 Å². The van der Waals surface area contributed by atoms with E-state index in [2.05, 4.69) is 26.1 Å². The van der Waals surface area contributed by atoms with Gasteiger partial charge in [0.1, 0.15) is 0 Å². The summed E-state index contributed by atoms with van der Waals surface area (Å²) < 4.78 is 22.4. The van der Waals surface area contributed by atoms with Gasteiger partial charge in [-0.2, -0.15) is 0 Å². The topological polar surface area (TPSA) is 72.2 Å². The number of nitrogens with one attached hydrogen (secondary N) is 1. The van der Waals surface area contributed by atoms with Crippen LogP contribution in [0.15, 0.2) is 29.2 Å². The Morgan fingerprint density at radius 3 is 2.15 bits per heavy atom. The average Bonchev–Trinajstić information content (AvgIpc) is 3.16. The second kappa shape index (κ2) is 5.47. The summed E-state index contributed by atoms with van der Waals surface area (Å²) in [6.07, 6.45) is 2.60. The lowest BCUT2D eigenvalue weighted by molar-refractivity contribution is 0.325. The molecule has 3 N–H and O–H groups in total. The molecule has 0 radical (unpaired) electrons. The molecule has 0 spiro atoms. The summed E-state index contributed by atoms with van der Waals surface area (Å²) in [7, 11) is -3.60. The molecule has 0 bridgehead atoms. The largest absolute Gasteiger partial charge is 0.310 e. The minimum atomic E-state index is -3.60. The van der Waals surface area contributed by atoms with E-state index in [1.54, 1.807) is 12.1 Å². The molecular weight excluding hydrogens is 272 g/mol. The van der Waals surface area contributed by atoms with Crippen LogP contribution in [0.1, 0.15) is 45.2 Å². The van der Waals surface area contributed by atoms with Gasteiger partial charge in [0.25, 0.3) is 0 Å². The molecule has 1 fully saturated rings. The quantitative estimate of drug-likeness (QED) is 0.847. The monoisotopic (exact) mass is 296 g/mol. The Bertz CT molecular complexity index is 560. The number of rotatable bonds is 6. The molecule has 1 aromatic rings. The molecule has 20 heavy (non-hydrogen) atoms. The molecule has 0 heterocycles. The van der Waals surface area contributed by atoms with E-state index < -0.39 is 10.0 Å². The van der Waals surface area contributed by atoms with Gasteiger partial charge >= 0.3 is 0 Å². The van der Waals surface area contributed by atoms with Crippen LogP contribution in [0.5, 0.6) is 0 Å². The third-order valence-corrected chi connectivity index (χ3v) is 5.52. The number of hydrogen-bond acceptors (Lipinski definition) is 3. The van der Waals surface area contributed by atoms with E-state index in [4.69, 9.17) is 5.14 Å². The van der Waals surface area contributed by atoms with Crippen LogP contribution >= 0.6 is 0 Å². The number of hydrogen-bond donors (Lipinski definition) is 2. The highest BCUT2D eigenvalue weighted by Crippen LogP contribution is 2.51. The third kappa shape index (κ3) is 3.40. The zero-order valence-electron chi connectivity index (χ0n) is 12.4. The van der Waals surface area contributed by atoms with Crippen molar-refractivity contribution in [3.8, 4) is 0 Å². The Morgan fingerprint density at radius 2 is 1.75 bits per heavy atom. The fourth-order valence-corrected chi connectivity index (χ4v) is 3.05.